The second-order valence-electron chi connectivity index (χ2n) is 8.39. The average Bonchev–Trinajstić information content (AvgIpc) is 3.50. The quantitative estimate of drug-likeness (QED) is 0.129. The van der Waals surface area contributed by atoms with E-state index in [1.807, 2.05) is 67.6 Å². The van der Waals surface area contributed by atoms with Crippen molar-refractivity contribution in [3.05, 3.63) is 107 Å². The number of hydrogen-bond acceptors (Lipinski definition) is 5. The van der Waals surface area contributed by atoms with Gasteiger partial charge in [0, 0.05) is 52.0 Å². The minimum Gasteiger partial charge on any atom is -0.472 e. The molecule has 2 heterocycles. The van der Waals surface area contributed by atoms with Crippen LogP contribution in [-0.4, -0.2) is 22.0 Å². The van der Waals surface area contributed by atoms with Crippen molar-refractivity contribution in [2.75, 3.05) is 0 Å². The van der Waals surface area contributed by atoms with Crippen LogP contribution < -0.4 is 0 Å². The molecule has 0 fully saturated rings. The van der Waals surface area contributed by atoms with Gasteiger partial charge in [0.25, 0.3) is 0 Å². The predicted octanol–water partition coefficient (Wildman–Crippen LogP) is 6.26. The first-order chi connectivity index (χ1) is 17.0. The molecule has 0 aliphatic carbocycles. The zero-order valence-electron chi connectivity index (χ0n) is 19.7. The Kier molecular flexibility index (Phi) is 5.79. The molecule has 2 aromatic heterocycles. The molecule has 5 aromatic rings. The van der Waals surface area contributed by atoms with Crippen LogP contribution in [-0.2, 0) is 16.2 Å². The molecule has 0 saturated carbocycles. The summed E-state index contributed by atoms with van der Waals surface area (Å²) in [4.78, 5) is 29.6. The largest absolute Gasteiger partial charge is 0.472 e. The summed E-state index contributed by atoms with van der Waals surface area (Å²) in [5.74, 6) is -0.576. The van der Waals surface area contributed by atoms with E-state index < -0.39 is 5.97 Å². The maximum Gasteiger partial charge on any atom is 0.332 e. The molecule has 0 bridgehead atoms. The summed E-state index contributed by atoms with van der Waals surface area (Å²) in [6, 6.07) is 21.4. The van der Waals surface area contributed by atoms with Gasteiger partial charge in [0.2, 0.25) is 0 Å². The van der Waals surface area contributed by atoms with Crippen molar-refractivity contribution in [3.8, 4) is 0 Å². The van der Waals surface area contributed by atoms with E-state index >= 15 is 0 Å². The van der Waals surface area contributed by atoms with Gasteiger partial charge in [-0.25, -0.2) is 4.79 Å². The van der Waals surface area contributed by atoms with Crippen LogP contribution in [0.15, 0.2) is 88.8 Å². The van der Waals surface area contributed by atoms with Gasteiger partial charge in [-0.2, -0.15) is 0 Å². The molecule has 6 heteroatoms. The van der Waals surface area contributed by atoms with E-state index in [2.05, 4.69) is 16.6 Å². The van der Waals surface area contributed by atoms with Crippen molar-refractivity contribution < 1.29 is 18.8 Å². The smallest absolute Gasteiger partial charge is 0.332 e. The van der Waals surface area contributed by atoms with Gasteiger partial charge < -0.3 is 13.8 Å². The summed E-state index contributed by atoms with van der Waals surface area (Å²) in [6.07, 6.45) is 2.95. The van der Waals surface area contributed by atoms with Gasteiger partial charge in [-0.3, -0.25) is 4.79 Å². The van der Waals surface area contributed by atoms with Crippen molar-refractivity contribution in [3.63, 3.8) is 0 Å². The summed E-state index contributed by atoms with van der Waals surface area (Å²) >= 11 is 0. The van der Waals surface area contributed by atoms with Crippen molar-refractivity contribution in [2.24, 2.45) is 5.16 Å². The summed E-state index contributed by atoms with van der Waals surface area (Å²) in [5, 5.41) is 6.17. The zero-order valence-corrected chi connectivity index (χ0v) is 19.7. The number of hydrogen-bond donors (Lipinski definition) is 0. The predicted molar refractivity (Wildman–Crippen MR) is 136 cm³/mol. The van der Waals surface area contributed by atoms with E-state index in [9.17, 15) is 9.59 Å². The molecule has 0 aliphatic rings. The fraction of sp³-hybridized carbons (Fsp3) is 0.138. The molecule has 0 N–H and O–H groups in total. The molecule has 0 spiro atoms. The Morgan fingerprint density at radius 1 is 0.914 bits per heavy atom. The number of furan rings is 1. The Morgan fingerprint density at radius 3 is 2.23 bits per heavy atom. The number of carbonyl (C=O) groups is 2. The van der Waals surface area contributed by atoms with Crippen molar-refractivity contribution >= 4 is 39.3 Å². The summed E-state index contributed by atoms with van der Waals surface area (Å²) in [7, 11) is 0. The highest BCUT2D eigenvalue weighted by Gasteiger charge is 2.18. The molecule has 35 heavy (non-hydrogen) atoms. The number of benzene rings is 3. The number of aromatic nitrogens is 1. The lowest BCUT2D eigenvalue weighted by Gasteiger charge is -2.10. The second kappa shape index (κ2) is 9.06. The summed E-state index contributed by atoms with van der Waals surface area (Å²) in [6.45, 7) is 6.20. The van der Waals surface area contributed by atoms with Crippen molar-refractivity contribution in [1.29, 1.82) is 0 Å². The highest BCUT2D eigenvalue weighted by atomic mass is 16.7. The molecule has 5 rings (SSSR count). The van der Waals surface area contributed by atoms with Gasteiger partial charge in [0.1, 0.15) is 12.0 Å². The van der Waals surface area contributed by atoms with Gasteiger partial charge in [0.15, 0.2) is 5.78 Å². The molecule has 0 unspecified atom stereocenters. The number of oxime groups is 1. The third-order valence-corrected chi connectivity index (χ3v) is 6.17. The van der Waals surface area contributed by atoms with Gasteiger partial charge in [0.05, 0.1) is 11.8 Å². The first-order valence-electron chi connectivity index (χ1n) is 11.4. The zero-order chi connectivity index (χ0) is 24.5. The average molecular weight is 465 g/mol. The first kappa shape index (κ1) is 22.3. The minimum absolute atomic E-state index is 0.0915. The number of aryl methyl sites for hydroxylation is 2. The molecule has 0 radical (unpaired) electrons. The highest BCUT2D eigenvalue weighted by Crippen LogP contribution is 2.32. The molecule has 0 atom stereocenters. The summed E-state index contributed by atoms with van der Waals surface area (Å²) in [5.41, 5.74) is 6.48. The third-order valence-electron chi connectivity index (χ3n) is 6.17. The molecular formula is C29H24N2O4. The summed E-state index contributed by atoms with van der Waals surface area (Å²) < 4.78 is 7.32. The monoisotopic (exact) mass is 464 g/mol. The van der Waals surface area contributed by atoms with Crippen LogP contribution in [0.25, 0.3) is 21.8 Å². The van der Waals surface area contributed by atoms with E-state index in [0.29, 0.717) is 16.8 Å². The van der Waals surface area contributed by atoms with Crippen molar-refractivity contribution in [2.45, 2.75) is 27.3 Å². The van der Waals surface area contributed by atoms with E-state index in [1.54, 1.807) is 6.07 Å². The van der Waals surface area contributed by atoms with Crippen LogP contribution in [0.2, 0.25) is 0 Å². The van der Waals surface area contributed by atoms with Gasteiger partial charge in [-0.1, -0.05) is 35.5 Å². The van der Waals surface area contributed by atoms with Crippen LogP contribution in [0, 0.1) is 6.92 Å². The second-order valence-corrected chi connectivity index (χ2v) is 8.39. The number of nitrogens with zero attached hydrogens (tertiary/aromatic N) is 2. The fourth-order valence-corrected chi connectivity index (χ4v) is 4.50. The van der Waals surface area contributed by atoms with E-state index in [4.69, 9.17) is 9.25 Å². The maximum absolute atomic E-state index is 13.0. The standard InChI is InChI=1S/C29H24N2O4/c1-4-31-26-11-9-20(28(30-35-19(3)32)23-8-6-5-7-18(23)2)15-24(26)25-16-21(10-12-27(25)31)29(33)22-13-14-34-17-22/h5-17H,4H2,1-3H3/b30-28-. The Morgan fingerprint density at radius 2 is 1.60 bits per heavy atom. The Balaban J connectivity index is 1.72. The number of ketones is 1. The molecular weight excluding hydrogens is 440 g/mol. The van der Waals surface area contributed by atoms with Gasteiger partial charge >= 0.3 is 5.97 Å². The van der Waals surface area contributed by atoms with Crippen LogP contribution in [0.4, 0.5) is 0 Å². The first-order valence-corrected chi connectivity index (χ1v) is 11.4. The van der Waals surface area contributed by atoms with Crippen molar-refractivity contribution in [1.82, 2.24) is 4.57 Å². The normalized spacial score (nSPS) is 11.8. The van der Waals surface area contributed by atoms with Gasteiger partial charge in [-0.05, 0) is 55.8 Å². The fourth-order valence-electron chi connectivity index (χ4n) is 4.50. The minimum atomic E-state index is -0.484. The van der Waals surface area contributed by atoms with E-state index in [0.717, 1.165) is 45.0 Å². The molecule has 6 nitrogen and oxygen atoms in total. The lowest BCUT2D eigenvalue weighted by atomic mass is 9.96. The van der Waals surface area contributed by atoms with E-state index in [1.165, 1.54) is 19.5 Å². The molecule has 174 valence electrons. The lowest BCUT2D eigenvalue weighted by molar-refractivity contribution is -0.140. The molecule has 0 aliphatic heterocycles. The SMILES string of the molecule is CCn1c2ccc(C(=O)c3ccoc3)cc2c2cc(/C(=N/OC(C)=O)c3ccccc3C)ccc21. The Labute approximate surface area is 202 Å². The molecule has 0 amide bonds. The molecule has 0 saturated heterocycles. The van der Waals surface area contributed by atoms with E-state index in [-0.39, 0.29) is 5.78 Å². The number of fused-ring (bicyclic) bond motifs is 3. The van der Waals surface area contributed by atoms with Crippen LogP contribution in [0.1, 0.15) is 46.5 Å². The topological polar surface area (TPSA) is 73.8 Å². The number of rotatable bonds is 6. The number of carbonyl (C=O) groups excluding carboxylic acids is 2. The third kappa shape index (κ3) is 4.04. The highest BCUT2D eigenvalue weighted by molar-refractivity contribution is 6.18. The Bertz CT molecular complexity index is 1610. The van der Waals surface area contributed by atoms with Gasteiger partial charge in [-0.15, -0.1) is 0 Å². The van der Waals surface area contributed by atoms with Crippen LogP contribution >= 0.6 is 0 Å². The lowest BCUT2D eigenvalue weighted by Crippen LogP contribution is -2.08. The van der Waals surface area contributed by atoms with Crippen LogP contribution in [0.3, 0.4) is 0 Å². The maximum atomic E-state index is 13.0. The van der Waals surface area contributed by atoms with Crippen LogP contribution in [0.5, 0.6) is 0 Å². The molecule has 3 aromatic carbocycles. The Hall–Kier alpha value is -4.45.